The second-order valence-electron chi connectivity index (χ2n) is 5.98. The highest BCUT2D eigenvalue weighted by atomic mass is 32.2. The summed E-state index contributed by atoms with van der Waals surface area (Å²) in [5.74, 6) is -0.921. The van der Waals surface area contributed by atoms with Crippen molar-refractivity contribution in [1.82, 2.24) is 25.5 Å². The van der Waals surface area contributed by atoms with E-state index >= 15 is 0 Å². The Morgan fingerprint density at radius 3 is 2.74 bits per heavy atom. The van der Waals surface area contributed by atoms with E-state index in [2.05, 4.69) is 20.8 Å². The normalized spacial score (nSPS) is 12.0. The number of hydrogen-bond donors (Lipinski definition) is 1. The van der Waals surface area contributed by atoms with Gasteiger partial charge in [0.1, 0.15) is 18.0 Å². The van der Waals surface area contributed by atoms with Crippen LogP contribution in [0.1, 0.15) is 17.3 Å². The van der Waals surface area contributed by atoms with Crippen molar-refractivity contribution in [3.05, 3.63) is 59.9 Å². The number of benzene rings is 2. The van der Waals surface area contributed by atoms with Crippen molar-refractivity contribution in [1.29, 1.82) is 0 Å². The highest BCUT2D eigenvalue weighted by Gasteiger charge is 2.15. The Bertz CT molecular complexity index is 949. The van der Waals surface area contributed by atoms with Gasteiger partial charge in [0.2, 0.25) is 0 Å². The molecular weight excluding hydrogens is 372 g/mol. The van der Waals surface area contributed by atoms with Gasteiger partial charge in [-0.05, 0) is 59.5 Å². The first-order valence-electron chi connectivity index (χ1n) is 8.11. The Hall–Kier alpha value is -2.81. The van der Waals surface area contributed by atoms with Crippen molar-refractivity contribution in [2.24, 2.45) is 0 Å². The molecule has 1 heterocycles. The molecule has 0 radical (unpaired) electrons. The van der Waals surface area contributed by atoms with Gasteiger partial charge in [-0.15, -0.1) is 5.10 Å². The van der Waals surface area contributed by atoms with Gasteiger partial charge in [-0.25, -0.2) is 13.5 Å². The first kappa shape index (κ1) is 19.0. The standard InChI is InChI=1S/C18H17F2N5OS/c1-11(9-27-2)22-18(26)13-5-12(16-4-3-14(19)8-17(16)20)6-15(7-13)25-10-21-23-24-25/h3-8,10-11H,9H2,1-2H3,(H,22,26). The van der Waals surface area contributed by atoms with Gasteiger partial charge in [-0.2, -0.15) is 11.8 Å². The van der Waals surface area contributed by atoms with Crippen LogP contribution in [0.2, 0.25) is 0 Å². The van der Waals surface area contributed by atoms with Crippen LogP contribution in [0.3, 0.4) is 0 Å². The second-order valence-corrected chi connectivity index (χ2v) is 6.89. The zero-order valence-corrected chi connectivity index (χ0v) is 15.5. The summed E-state index contributed by atoms with van der Waals surface area (Å²) in [6, 6.07) is 8.08. The van der Waals surface area contributed by atoms with E-state index in [1.807, 2.05) is 13.2 Å². The highest BCUT2D eigenvalue weighted by Crippen LogP contribution is 2.27. The number of aromatic nitrogens is 4. The number of tetrazole rings is 1. The third-order valence-electron chi connectivity index (χ3n) is 3.83. The number of rotatable bonds is 6. The fourth-order valence-electron chi connectivity index (χ4n) is 2.63. The minimum Gasteiger partial charge on any atom is -0.349 e. The molecule has 3 rings (SSSR count). The van der Waals surface area contributed by atoms with E-state index in [9.17, 15) is 13.6 Å². The van der Waals surface area contributed by atoms with Crippen LogP contribution < -0.4 is 5.32 Å². The molecule has 1 amide bonds. The van der Waals surface area contributed by atoms with Gasteiger partial charge in [-0.1, -0.05) is 0 Å². The zero-order valence-electron chi connectivity index (χ0n) is 14.7. The van der Waals surface area contributed by atoms with Gasteiger partial charge in [-0.3, -0.25) is 4.79 Å². The Labute approximate surface area is 159 Å². The van der Waals surface area contributed by atoms with Crippen LogP contribution in [0, 0.1) is 11.6 Å². The van der Waals surface area contributed by atoms with Crippen LogP contribution in [0.4, 0.5) is 8.78 Å². The van der Waals surface area contributed by atoms with Crippen LogP contribution >= 0.6 is 11.8 Å². The lowest BCUT2D eigenvalue weighted by atomic mass is 10.0. The van der Waals surface area contributed by atoms with Crippen molar-refractivity contribution in [2.45, 2.75) is 13.0 Å². The molecule has 1 N–H and O–H groups in total. The summed E-state index contributed by atoms with van der Waals surface area (Å²) in [5, 5.41) is 13.9. The lowest BCUT2D eigenvalue weighted by Crippen LogP contribution is -2.34. The van der Waals surface area contributed by atoms with Crippen molar-refractivity contribution in [3.63, 3.8) is 0 Å². The van der Waals surface area contributed by atoms with Crippen molar-refractivity contribution >= 4 is 17.7 Å². The maximum absolute atomic E-state index is 14.3. The number of carbonyl (C=O) groups is 1. The van der Waals surface area contributed by atoms with E-state index in [1.165, 1.54) is 23.1 Å². The summed E-state index contributed by atoms with van der Waals surface area (Å²) in [7, 11) is 0. The molecule has 27 heavy (non-hydrogen) atoms. The molecule has 6 nitrogen and oxygen atoms in total. The molecule has 0 saturated carbocycles. The lowest BCUT2D eigenvalue weighted by molar-refractivity contribution is 0.0943. The molecule has 0 aliphatic carbocycles. The van der Waals surface area contributed by atoms with Crippen molar-refractivity contribution in [2.75, 3.05) is 12.0 Å². The summed E-state index contributed by atoms with van der Waals surface area (Å²) in [6.07, 6.45) is 3.33. The van der Waals surface area contributed by atoms with Gasteiger partial charge in [0, 0.05) is 29.0 Å². The second kappa shape index (κ2) is 8.26. The Morgan fingerprint density at radius 2 is 2.07 bits per heavy atom. The number of carbonyl (C=O) groups excluding carboxylic acids is 1. The molecule has 0 fully saturated rings. The Morgan fingerprint density at radius 1 is 1.26 bits per heavy atom. The van der Waals surface area contributed by atoms with Crippen LogP contribution in [-0.2, 0) is 0 Å². The predicted octanol–water partition coefficient (Wildman–Crippen LogP) is 3.09. The number of nitrogens with zero attached hydrogens (tertiary/aromatic N) is 4. The van der Waals surface area contributed by atoms with E-state index in [-0.39, 0.29) is 17.5 Å². The topological polar surface area (TPSA) is 72.7 Å². The molecule has 1 aromatic heterocycles. The van der Waals surface area contributed by atoms with E-state index < -0.39 is 11.6 Å². The fourth-order valence-corrected chi connectivity index (χ4v) is 3.22. The third-order valence-corrected chi connectivity index (χ3v) is 4.66. The number of nitrogens with one attached hydrogen (secondary N) is 1. The van der Waals surface area contributed by atoms with Gasteiger partial charge >= 0.3 is 0 Å². The van der Waals surface area contributed by atoms with E-state index in [0.717, 1.165) is 11.8 Å². The Kier molecular flexibility index (Phi) is 5.80. The maximum atomic E-state index is 14.3. The molecule has 2 aromatic carbocycles. The van der Waals surface area contributed by atoms with Crippen molar-refractivity contribution < 1.29 is 13.6 Å². The zero-order chi connectivity index (χ0) is 19.4. The summed E-state index contributed by atoms with van der Waals surface area (Å²) in [5.41, 5.74) is 1.42. The van der Waals surface area contributed by atoms with Gasteiger partial charge in [0.15, 0.2) is 0 Å². The van der Waals surface area contributed by atoms with Gasteiger partial charge in [0.25, 0.3) is 5.91 Å². The quantitative estimate of drug-likeness (QED) is 0.701. The number of thioether (sulfide) groups is 1. The molecule has 140 valence electrons. The first-order valence-corrected chi connectivity index (χ1v) is 9.51. The largest absolute Gasteiger partial charge is 0.349 e. The van der Waals surface area contributed by atoms with Gasteiger partial charge < -0.3 is 5.32 Å². The van der Waals surface area contributed by atoms with E-state index in [4.69, 9.17) is 0 Å². The molecule has 3 aromatic rings. The summed E-state index contributed by atoms with van der Waals surface area (Å²) in [4.78, 5) is 12.6. The highest BCUT2D eigenvalue weighted by molar-refractivity contribution is 7.98. The summed E-state index contributed by atoms with van der Waals surface area (Å²) in [6.45, 7) is 1.90. The average Bonchev–Trinajstić information content (AvgIpc) is 3.16. The van der Waals surface area contributed by atoms with Crippen LogP contribution in [0.15, 0.2) is 42.7 Å². The average molecular weight is 389 g/mol. The van der Waals surface area contributed by atoms with Crippen LogP contribution in [0.25, 0.3) is 16.8 Å². The fraction of sp³-hybridized carbons (Fsp3) is 0.222. The summed E-state index contributed by atoms with van der Waals surface area (Å²) < 4.78 is 28.9. The SMILES string of the molecule is CSCC(C)NC(=O)c1cc(-c2ccc(F)cc2F)cc(-n2cnnn2)c1. The molecule has 9 heteroatoms. The molecular formula is C18H17F2N5OS. The molecule has 1 unspecified atom stereocenters. The van der Waals surface area contributed by atoms with E-state index in [1.54, 1.807) is 30.0 Å². The van der Waals surface area contributed by atoms with Crippen LogP contribution in [0.5, 0.6) is 0 Å². The summed E-state index contributed by atoms with van der Waals surface area (Å²) >= 11 is 1.62. The lowest BCUT2D eigenvalue weighted by Gasteiger charge is -2.14. The van der Waals surface area contributed by atoms with E-state index in [0.29, 0.717) is 16.8 Å². The number of hydrogen-bond acceptors (Lipinski definition) is 5. The van der Waals surface area contributed by atoms with Gasteiger partial charge in [0.05, 0.1) is 5.69 Å². The van der Waals surface area contributed by atoms with Crippen LogP contribution in [-0.4, -0.2) is 44.2 Å². The molecule has 0 aliphatic rings. The minimum absolute atomic E-state index is 0.0322. The molecule has 0 saturated heterocycles. The smallest absolute Gasteiger partial charge is 0.251 e. The predicted molar refractivity (Wildman–Crippen MR) is 99.8 cm³/mol. The molecule has 1 atom stereocenters. The molecule has 0 spiro atoms. The number of amides is 1. The number of halogens is 2. The third kappa shape index (κ3) is 4.48. The first-order chi connectivity index (χ1) is 13.0. The van der Waals surface area contributed by atoms with Crippen molar-refractivity contribution in [3.8, 4) is 16.8 Å². The molecule has 0 bridgehead atoms. The molecule has 0 aliphatic heterocycles. The Balaban J connectivity index is 2.05. The maximum Gasteiger partial charge on any atom is 0.251 e. The minimum atomic E-state index is -0.717. The monoisotopic (exact) mass is 389 g/mol.